The molecule has 118 valence electrons. The predicted octanol–water partition coefficient (Wildman–Crippen LogP) is 3.61. The van der Waals surface area contributed by atoms with Crippen LogP contribution in [0.2, 0.25) is 0 Å². The maximum atomic E-state index is 13.0. The molecule has 0 heterocycles. The van der Waals surface area contributed by atoms with Crippen LogP contribution in [0.3, 0.4) is 0 Å². The molecular formula is C15H20F3NO2. The van der Waals surface area contributed by atoms with Crippen LogP contribution in [0.15, 0.2) is 18.2 Å². The van der Waals surface area contributed by atoms with Crippen molar-refractivity contribution in [1.82, 2.24) is 0 Å². The van der Waals surface area contributed by atoms with E-state index in [2.05, 4.69) is 0 Å². The van der Waals surface area contributed by atoms with E-state index in [9.17, 15) is 13.2 Å². The molecule has 6 heteroatoms. The molecular weight excluding hydrogens is 283 g/mol. The Labute approximate surface area is 122 Å². The zero-order valence-corrected chi connectivity index (χ0v) is 12.2. The minimum atomic E-state index is -4.22. The van der Waals surface area contributed by atoms with Gasteiger partial charge in [-0.05, 0) is 31.4 Å². The molecule has 0 aromatic heterocycles. The third-order valence-electron chi connectivity index (χ3n) is 4.17. The molecule has 0 radical (unpaired) electrons. The van der Waals surface area contributed by atoms with E-state index in [0.717, 1.165) is 0 Å². The van der Waals surface area contributed by atoms with Crippen LogP contribution in [0.5, 0.6) is 11.5 Å². The lowest BCUT2D eigenvalue weighted by molar-refractivity contribution is -0.187. The molecule has 21 heavy (non-hydrogen) atoms. The average Bonchev–Trinajstić information content (AvgIpc) is 2.45. The van der Waals surface area contributed by atoms with Gasteiger partial charge in [0.05, 0.1) is 25.7 Å². The summed E-state index contributed by atoms with van der Waals surface area (Å²) in [7, 11) is 2.96. The molecule has 1 aromatic carbocycles. The number of rotatable bonds is 3. The second-order valence-corrected chi connectivity index (χ2v) is 5.53. The Morgan fingerprint density at radius 1 is 1.19 bits per heavy atom. The van der Waals surface area contributed by atoms with Crippen molar-refractivity contribution in [2.45, 2.75) is 37.4 Å². The van der Waals surface area contributed by atoms with Crippen LogP contribution in [0.25, 0.3) is 0 Å². The monoisotopic (exact) mass is 303 g/mol. The third-order valence-corrected chi connectivity index (χ3v) is 4.17. The molecule has 2 unspecified atom stereocenters. The van der Waals surface area contributed by atoms with Crippen LogP contribution in [0.4, 0.5) is 13.2 Å². The van der Waals surface area contributed by atoms with E-state index in [1.54, 1.807) is 18.2 Å². The van der Waals surface area contributed by atoms with Crippen LogP contribution in [0.1, 0.15) is 31.2 Å². The summed E-state index contributed by atoms with van der Waals surface area (Å²) < 4.78 is 49.7. The highest BCUT2D eigenvalue weighted by molar-refractivity contribution is 5.49. The quantitative estimate of drug-likeness (QED) is 0.927. The topological polar surface area (TPSA) is 44.5 Å². The Bertz CT molecular complexity index is 482. The van der Waals surface area contributed by atoms with Gasteiger partial charge in [-0.25, -0.2) is 0 Å². The SMILES string of the molecule is COc1cccc(OC)c1C1(N)CCCC(C(F)(F)F)C1. The fourth-order valence-corrected chi connectivity index (χ4v) is 3.16. The first kappa shape index (κ1) is 15.9. The normalized spacial score (nSPS) is 26.5. The maximum absolute atomic E-state index is 13.0. The summed E-state index contributed by atoms with van der Waals surface area (Å²) >= 11 is 0. The number of halogens is 3. The van der Waals surface area contributed by atoms with Gasteiger partial charge in [0.15, 0.2) is 0 Å². The first-order valence-corrected chi connectivity index (χ1v) is 6.89. The van der Waals surface area contributed by atoms with Gasteiger partial charge >= 0.3 is 6.18 Å². The second-order valence-electron chi connectivity index (χ2n) is 5.53. The van der Waals surface area contributed by atoms with Gasteiger partial charge < -0.3 is 15.2 Å². The van der Waals surface area contributed by atoms with E-state index in [1.165, 1.54) is 14.2 Å². The lowest BCUT2D eigenvalue weighted by Crippen LogP contribution is -2.45. The Balaban J connectivity index is 2.44. The van der Waals surface area contributed by atoms with E-state index in [0.29, 0.717) is 29.9 Å². The number of alkyl halides is 3. The Morgan fingerprint density at radius 2 is 1.76 bits per heavy atom. The summed E-state index contributed by atoms with van der Waals surface area (Å²) in [5.74, 6) is -0.440. The van der Waals surface area contributed by atoms with Gasteiger partial charge in [-0.2, -0.15) is 13.2 Å². The molecule has 1 aliphatic carbocycles. The lowest BCUT2D eigenvalue weighted by Gasteiger charge is -2.40. The van der Waals surface area contributed by atoms with Crippen molar-refractivity contribution in [3.63, 3.8) is 0 Å². The zero-order chi connectivity index (χ0) is 15.7. The van der Waals surface area contributed by atoms with Crippen LogP contribution >= 0.6 is 0 Å². The van der Waals surface area contributed by atoms with Gasteiger partial charge in [0.1, 0.15) is 11.5 Å². The summed E-state index contributed by atoms with van der Waals surface area (Å²) in [6, 6.07) is 5.13. The van der Waals surface area contributed by atoms with Gasteiger partial charge in [-0.15, -0.1) is 0 Å². The fourth-order valence-electron chi connectivity index (χ4n) is 3.16. The molecule has 2 atom stereocenters. The number of ether oxygens (including phenoxy) is 2. The third kappa shape index (κ3) is 3.10. The highest BCUT2D eigenvalue weighted by atomic mass is 19.4. The molecule has 2 rings (SSSR count). The molecule has 1 fully saturated rings. The van der Waals surface area contributed by atoms with Gasteiger partial charge in [0.2, 0.25) is 0 Å². The molecule has 0 spiro atoms. The van der Waals surface area contributed by atoms with E-state index in [1.807, 2.05) is 0 Å². The summed E-state index contributed by atoms with van der Waals surface area (Å²) in [5.41, 5.74) is 5.80. The number of hydrogen-bond donors (Lipinski definition) is 1. The summed E-state index contributed by atoms with van der Waals surface area (Å²) in [5, 5.41) is 0. The molecule has 2 N–H and O–H groups in total. The molecule has 1 saturated carbocycles. The number of hydrogen-bond acceptors (Lipinski definition) is 3. The van der Waals surface area contributed by atoms with E-state index in [4.69, 9.17) is 15.2 Å². The largest absolute Gasteiger partial charge is 0.496 e. The van der Waals surface area contributed by atoms with Gasteiger partial charge in [0, 0.05) is 5.54 Å². The smallest absolute Gasteiger partial charge is 0.391 e. The lowest BCUT2D eigenvalue weighted by atomic mass is 9.71. The number of benzene rings is 1. The van der Waals surface area contributed by atoms with Crippen LogP contribution in [-0.4, -0.2) is 20.4 Å². The molecule has 1 aliphatic rings. The van der Waals surface area contributed by atoms with Crippen LogP contribution in [-0.2, 0) is 5.54 Å². The van der Waals surface area contributed by atoms with Crippen LogP contribution < -0.4 is 15.2 Å². The zero-order valence-electron chi connectivity index (χ0n) is 12.2. The molecule has 0 bridgehead atoms. The van der Waals surface area contributed by atoms with E-state index < -0.39 is 17.6 Å². The molecule has 0 aliphatic heterocycles. The van der Waals surface area contributed by atoms with Crippen molar-refractivity contribution < 1.29 is 22.6 Å². The summed E-state index contributed by atoms with van der Waals surface area (Å²) in [4.78, 5) is 0. The van der Waals surface area contributed by atoms with Crippen molar-refractivity contribution in [1.29, 1.82) is 0 Å². The van der Waals surface area contributed by atoms with E-state index >= 15 is 0 Å². The first-order valence-electron chi connectivity index (χ1n) is 6.89. The molecule has 0 saturated heterocycles. The molecule has 0 amide bonds. The molecule has 3 nitrogen and oxygen atoms in total. The van der Waals surface area contributed by atoms with Crippen molar-refractivity contribution in [3.05, 3.63) is 23.8 Å². The predicted molar refractivity (Wildman–Crippen MR) is 73.4 cm³/mol. The van der Waals surface area contributed by atoms with Gasteiger partial charge in [0.25, 0.3) is 0 Å². The minimum absolute atomic E-state index is 0.125. The average molecular weight is 303 g/mol. The Morgan fingerprint density at radius 3 is 2.24 bits per heavy atom. The highest BCUT2D eigenvalue weighted by Crippen LogP contribution is 2.49. The van der Waals surface area contributed by atoms with Crippen molar-refractivity contribution >= 4 is 0 Å². The molecule has 1 aromatic rings. The summed E-state index contributed by atoms with van der Waals surface area (Å²) in [6.07, 6.45) is -3.33. The summed E-state index contributed by atoms with van der Waals surface area (Å²) in [6.45, 7) is 0. The fraction of sp³-hybridized carbons (Fsp3) is 0.600. The van der Waals surface area contributed by atoms with Crippen molar-refractivity contribution in [3.8, 4) is 11.5 Å². The van der Waals surface area contributed by atoms with Crippen LogP contribution in [0, 0.1) is 5.92 Å². The maximum Gasteiger partial charge on any atom is 0.391 e. The van der Waals surface area contributed by atoms with Crippen molar-refractivity contribution in [2.75, 3.05) is 14.2 Å². The highest BCUT2D eigenvalue weighted by Gasteiger charge is 2.48. The second kappa shape index (κ2) is 5.75. The Kier molecular flexibility index (Phi) is 4.37. The minimum Gasteiger partial charge on any atom is -0.496 e. The van der Waals surface area contributed by atoms with Crippen molar-refractivity contribution in [2.24, 2.45) is 11.7 Å². The van der Waals surface area contributed by atoms with Gasteiger partial charge in [-0.1, -0.05) is 12.5 Å². The standard InChI is InChI=1S/C15H20F3NO2/c1-20-11-6-3-7-12(21-2)13(11)14(19)8-4-5-10(9-14)15(16,17)18/h3,6-7,10H,4-5,8-9,19H2,1-2H3. The first-order chi connectivity index (χ1) is 9.81. The Hall–Kier alpha value is -1.43. The number of methoxy groups -OCH3 is 2. The van der Waals surface area contributed by atoms with E-state index in [-0.39, 0.29) is 12.8 Å². The number of nitrogens with two attached hydrogens (primary N) is 1. The van der Waals surface area contributed by atoms with Gasteiger partial charge in [-0.3, -0.25) is 0 Å².